The molecule has 0 aliphatic carbocycles. The van der Waals surface area contributed by atoms with E-state index >= 15 is 0 Å². The van der Waals surface area contributed by atoms with E-state index in [9.17, 15) is 13.2 Å². The zero-order valence-electron chi connectivity index (χ0n) is 74.8. The molecule has 0 radical (unpaired) electrons. The van der Waals surface area contributed by atoms with E-state index in [-0.39, 0.29) is 21.0 Å². The third-order valence-electron chi connectivity index (χ3n) is 25.8. The van der Waals surface area contributed by atoms with Gasteiger partial charge >= 0.3 is 0 Å². The molecule has 15 aromatic rings. The van der Waals surface area contributed by atoms with Crippen molar-refractivity contribution < 1.29 is 51.1 Å². The van der Waals surface area contributed by atoms with Gasteiger partial charge in [0, 0.05) is 159 Å². The van der Waals surface area contributed by atoms with Crippen molar-refractivity contribution >= 4 is 73.3 Å². The molecule has 0 unspecified atom stereocenters. The molecule has 0 amide bonds. The lowest BCUT2D eigenvalue weighted by Crippen LogP contribution is -2.34. The average Bonchev–Trinajstić information content (AvgIpc) is 0.762. The van der Waals surface area contributed by atoms with Crippen LogP contribution in [0.4, 0.5) is 45.5 Å². The van der Waals surface area contributed by atoms with Gasteiger partial charge in [0.25, 0.3) is 0 Å². The van der Waals surface area contributed by atoms with Crippen molar-refractivity contribution in [3.63, 3.8) is 0 Å². The molecule has 8 aliphatic heterocycles. The monoisotopic (exact) mass is 1790 g/mol. The molecule has 8 heterocycles. The summed E-state index contributed by atoms with van der Waals surface area (Å²) in [6.07, 6.45) is 3.73. The van der Waals surface area contributed by atoms with Crippen LogP contribution in [0.1, 0.15) is 96.5 Å². The minimum absolute atomic E-state index is 0.000677. The number of benzene rings is 15. The van der Waals surface area contributed by atoms with Crippen molar-refractivity contribution in [1.29, 1.82) is 0 Å². The maximum Gasteiger partial charge on any atom is 0.206 e. The minimum atomic E-state index is -3.72. The zero-order chi connectivity index (χ0) is 91.1. The molecule has 0 N–H and O–H groups in total. The topological polar surface area (TPSA) is 151 Å². The van der Waals surface area contributed by atoms with E-state index in [1.165, 1.54) is 44.8 Å². The van der Waals surface area contributed by atoms with Crippen LogP contribution in [0.15, 0.2) is 375 Å². The first-order chi connectivity index (χ1) is 65.6. The predicted molar refractivity (Wildman–Crippen MR) is 531 cm³/mol. The fourth-order valence-electron chi connectivity index (χ4n) is 18.0. The van der Waals surface area contributed by atoms with E-state index in [4.69, 9.17) is 37.9 Å². The summed E-state index contributed by atoms with van der Waals surface area (Å²) in [5.74, 6) is 6.96. The van der Waals surface area contributed by atoms with Crippen LogP contribution in [0.25, 0.3) is 12.2 Å². The minimum Gasteiger partial charge on any atom is -0.473 e. The highest BCUT2D eigenvalue weighted by Crippen LogP contribution is 2.44. The standard InChI is InChI=1S/C35H34N2O2.C29H24N2O3.C28H24N2O4S.C22H20N2O2/c1-5-25-7-13-31(14-8-25)36-21-27-19-29(11-17-33(27)38-23-36)35(3,4)30-12-18-34-28(20-30)22-37(24-39-34)32-15-9-26(6-2)10-16-32;32-29(21-11-13-27-23(15-21)17-30(19-33-27)25-7-3-1-4-8-25)22-12-14-28-24(16-22)18-31(20-34-28)26-9-5-2-6-10-26;31-35(32,25-11-13-27-21(15-25)17-29(19-33-27)23-7-3-1-4-8-23)26-12-14-28-22(16-26)18-30(20-34-28)24-9-5-2-6-10-24;1-3-7-19(8-4-1)23-13-17-11-22-18(12-21(17)25-15-23)14-24(16-26-22)20-9-5-2-6-10-20/h5-20H,1-2,21-24H2,3-4H3;1-16H,17-20H2;1-16H,17-20H2;1-12H,13-16H2. The smallest absolute Gasteiger partial charge is 0.206 e. The average molecular weight is 1790 g/mol. The fourth-order valence-corrected chi connectivity index (χ4v) is 19.4. The number of para-hydroxylation sites is 6. The Bertz CT molecular complexity index is 6480. The molecule has 134 heavy (non-hydrogen) atoms. The number of nitrogens with zero attached hydrogens (tertiary/aromatic N) is 8. The molecule has 0 fully saturated rings. The van der Waals surface area contributed by atoms with Crippen LogP contribution in [0, 0.1) is 0 Å². The first-order valence-corrected chi connectivity index (χ1v) is 46.6. The van der Waals surface area contributed by atoms with Crippen molar-refractivity contribution in [2.75, 3.05) is 93.0 Å². The first-order valence-electron chi connectivity index (χ1n) is 45.1. The number of ether oxygens (including phenoxy) is 8. The maximum atomic E-state index is 13.6. The molecule has 0 atom stereocenters. The van der Waals surface area contributed by atoms with Gasteiger partial charge in [-0.1, -0.05) is 185 Å². The Balaban J connectivity index is 0.000000112. The lowest BCUT2D eigenvalue weighted by Gasteiger charge is -2.34. The Morgan fingerprint density at radius 1 is 0.254 bits per heavy atom. The summed E-state index contributed by atoms with van der Waals surface area (Å²) in [6, 6.07) is 117. The lowest BCUT2D eigenvalue weighted by molar-refractivity contribution is 0.103. The molecule has 0 spiro atoms. The summed E-state index contributed by atoms with van der Waals surface area (Å²) >= 11 is 0. The molecular formula is C114H102N8O11S. The van der Waals surface area contributed by atoms with Gasteiger partial charge in [-0.05, 0) is 229 Å². The number of ketones is 1. The van der Waals surface area contributed by atoms with E-state index in [0.29, 0.717) is 103 Å². The van der Waals surface area contributed by atoms with Gasteiger partial charge in [-0.15, -0.1) is 0 Å². The van der Waals surface area contributed by atoms with Gasteiger partial charge in [-0.25, -0.2) is 8.42 Å². The second kappa shape index (κ2) is 38.3. The molecule has 8 aliphatic rings. The number of sulfone groups is 1. The van der Waals surface area contributed by atoms with E-state index in [0.717, 1.165) is 128 Å². The quantitative estimate of drug-likeness (QED) is 0.0843. The SMILES string of the molecule is C=Cc1ccc(N2COc3ccc(C(C)(C)c4ccc5c(c4)CN(c4ccc(C=C)cc4)CO5)cc3C2)cc1.O=C(c1ccc2c(c1)CN(c1ccccc1)CO2)c1ccc2c(c1)CN(c1ccccc1)CO2.O=S(=O)(c1ccc2c(c1)CN(c1ccccc1)CO2)c1ccc2c(c1)CN(c1ccccc1)CO2.c1ccc(N2COc3cc4c(cc3C2)OCN(c2ccccc2)C4)cc1. The Morgan fingerprint density at radius 3 is 0.731 bits per heavy atom. The normalized spacial score (nSPS) is 14.8. The molecule has 0 aromatic heterocycles. The number of carbonyl (C=O) groups is 1. The van der Waals surface area contributed by atoms with Crippen molar-refractivity contribution in [3.05, 3.63) is 443 Å². The van der Waals surface area contributed by atoms with Gasteiger partial charge in [-0.2, -0.15) is 0 Å². The summed E-state index contributed by atoms with van der Waals surface area (Å²) in [5, 5.41) is 0. The second-order valence-electron chi connectivity index (χ2n) is 34.7. The van der Waals surface area contributed by atoms with Crippen LogP contribution in [0.2, 0.25) is 0 Å². The highest BCUT2D eigenvalue weighted by atomic mass is 32.2. The van der Waals surface area contributed by atoms with Crippen LogP contribution < -0.4 is 77.1 Å². The predicted octanol–water partition coefficient (Wildman–Crippen LogP) is 23.3. The first kappa shape index (κ1) is 86.3. The van der Waals surface area contributed by atoms with Crippen molar-refractivity contribution in [1.82, 2.24) is 0 Å². The number of anilines is 8. The van der Waals surface area contributed by atoms with Gasteiger partial charge in [0.2, 0.25) is 9.84 Å². The third-order valence-corrected chi connectivity index (χ3v) is 27.5. The van der Waals surface area contributed by atoms with Crippen molar-refractivity contribution in [2.45, 2.75) is 81.4 Å². The number of hydrogen-bond donors (Lipinski definition) is 0. The lowest BCUT2D eigenvalue weighted by atomic mass is 9.77. The van der Waals surface area contributed by atoms with Crippen molar-refractivity contribution in [2.24, 2.45) is 0 Å². The van der Waals surface area contributed by atoms with Crippen LogP contribution >= 0.6 is 0 Å². The molecular weight excluding hydrogens is 1690 g/mol. The van der Waals surface area contributed by atoms with Gasteiger partial charge in [-0.3, -0.25) is 4.79 Å². The van der Waals surface area contributed by atoms with Crippen molar-refractivity contribution in [3.8, 4) is 46.0 Å². The molecule has 0 bridgehead atoms. The van der Waals surface area contributed by atoms with Crippen LogP contribution in [0.3, 0.4) is 0 Å². The molecule has 19 nitrogen and oxygen atoms in total. The molecule has 23 rings (SSSR count). The van der Waals surface area contributed by atoms with Crippen LogP contribution in [0.5, 0.6) is 46.0 Å². The van der Waals surface area contributed by atoms with E-state index < -0.39 is 9.84 Å². The maximum absolute atomic E-state index is 13.6. The summed E-state index contributed by atoms with van der Waals surface area (Å²) < 4.78 is 75.3. The van der Waals surface area contributed by atoms with E-state index in [2.05, 4.69) is 236 Å². The summed E-state index contributed by atoms with van der Waals surface area (Å²) in [5.41, 5.74) is 23.3. The van der Waals surface area contributed by atoms with Gasteiger partial charge in [0.15, 0.2) is 59.6 Å². The van der Waals surface area contributed by atoms with E-state index in [1.807, 2.05) is 158 Å². The summed E-state index contributed by atoms with van der Waals surface area (Å²) in [7, 11) is -3.72. The Hall–Kier alpha value is -15.8. The number of fused-ring (bicyclic) bond motifs is 8. The van der Waals surface area contributed by atoms with Crippen LogP contribution in [-0.4, -0.2) is 68.0 Å². The largest absolute Gasteiger partial charge is 0.473 e. The number of rotatable bonds is 16. The number of carbonyl (C=O) groups excluding carboxylic acids is 1. The molecule has 15 aromatic carbocycles. The number of hydrogen-bond acceptors (Lipinski definition) is 19. The fraction of sp³-hybridized carbons (Fsp3) is 0.167. The summed E-state index contributed by atoms with van der Waals surface area (Å²) in [4.78, 5) is 31.4. The summed E-state index contributed by atoms with van der Waals surface area (Å²) in [6.45, 7) is 22.2. The van der Waals surface area contributed by atoms with E-state index in [1.54, 1.807) is 36.4 Å². The molecule has 0 saturated heterocycles. The molecule has 20 heteroatoms. The Labute approximate surface area is 782 Å². The van der Waals surface area contributed by atoms with Gasteiger partial charge in [0.1, 0.15) is 46.0 Å². The zero-order valence-corrected chi connectivity index (χ0v) is 75.7. The molecule has 0 saturated carbocycles. The van der Waals surface area contributed by atoms with Gasteiger partial charge in [0.05, 0.1) is 9.79 Å². The highest BCUT2D eigenvalue weighted by molar-refractivity contribution is 7.91. The third kappa shape index (κ3) is 18.8. The van der Waals surface area contributed by atoms with Gasteiger partial charge < -0.3 is 77.1 Å². The van der Waals surface area contributed by atoms with Crippen LogP contribution in [-0.2, 0) is 67.6 Å². The Morgan fingerprint density at radius 2 is 0.470 bits per heavy atom. The highest BCUT2D eigenvalue weighted by Gasteiger charge is 2.33. The second-order valence-corrected chi connectivity index (χ2v) is 36.7. The molecule has 670 valence electrons. The Kier molecular flexibility index (Phi) is 24.7.